The monoisotopic (exact) mass is 308 g/mol. The van der Waals surface area contributed by atoms with E-state index in [0.717, 1.165) is 18.3 Å². The van der Waals surface area contributed by atoms with Gasteiger partial charge in [0.2, 0.25) is 0 Å². The summed E-state index contributed by atoms with van der Waals surface area (Å²) in [5.74, 6) is 1.86. The highest BCUT2D eigenvalue weighted by Gasteiger charge is 2.18. The van der Waals surface area contributed by atoms with Crippen LogP contribution in [0.1, 0.15) is 12.8 Å². The molecule has 1 aliphatic rings. The molecule has 0 saturated carbocycles. The first-order chi connectivity index (χ1) is 11.2. The predicted octanol–water partition coefficient (Wildman–Crippen LogP) is 3.38. The number of benzene rings is 1. The second-order valence-electron chi connectivity index (χ2n) is 6.85. The lowest BCUT2D eigenvalue weighted by Gasteiger charge is -2.29. The van der Waals surface area contributed by atoms with Crippen molar-refractivity contribution in [2.45, 2.75) is 19.4 Å². The molecule has 0 unspecified atom stereocenters. The van der Waals surface area contributed by atoms with Crippen molar-refractivity contribution in [2.75, 3.05) is 20.1 Å². The summed E-state index contributed by atoms with van der Waals surface area (Å²) in [5, 5.41) is 1.28. The Balaban J connectivity index is 1.60. The molecule has 1 aliphatic heterocycles. The molecule has 2 aromatic heterocycles. The second kappa shape index (κ2) is 5.85. The molecule has 120 valence electrons. The Kier molecular flexibility index (Phi) is 3.69. The van der Waals surface area contributed by atoms with Gasteiger partial charge in [0.05, 0.1) is 0 Å². The zero-order chi connectivity index (χ0) is 15.8. The molecule has 1 saturated heterocycles. The van der Waals surface area contributed by atoms with Crippen LogP contribution in [0.5, 0.6) is 0 Å². The van der Waals surface area contributed by atoms with Gasteiger partial charge < -0.3 is 14.0 Å². The van der Waals surface area contributed by atoms with Gasteiger partial charge in [-0.2, -0.15) is 0 Å². The molecule has 1 fully saturated rings. The van der Waals surface area contributed by atoms with Gasteiger partial charge in [0, 0.05) is 48.6 Å². The van der Waals surface area contributed by atoms with Gasteiger partial charge in [0.25, 0.3) is 0 Å². The number of piperidine rings is 1. The van der Waals surface area contributed by atoms with E-state index in [2.05, 4.69) is 69.8 Å². The van der Waals surface area contributed by atoms with Crippen LogP contribution in [0.15, 0.2) is 42.9 Å². The van der Waals surface area contributed by atoms with Gasteiger partial charge in [-0.3, -0.25) is 0 Å². The Labute approximate surface area is 137 Å². The van der Waals surface area contributed by atoms with Crippen LogP contribution in [0.2, 0.25) is 0 Å². The number of aromatic nitrogens is 3. The summed E-state index contributed by atoms with van der Waals surface area (Å²) in [6, 6.07) is 8.81. The molecule has 23 heavy (non-hydrogen) atoms. The molecule has 0 aliphatic carbocycles. The minimum absolute atomic E-state index is 0.764. The molecule has 0 atom stereocenters. The van der Waals surface area contributed by atoms with Gasteiger partial charge in [-0.05, 0) is 63.2 Å². The highest BCUT2D eigenvalue weighted by atomic mass is 15.1. The largest absolute Gasteiger partial charge is 0.351 e. The fourth-order valence-electron chi connectivity index (χ4n) is 3.66. The third-order valence-electron chi connectivity index (χ3n) is 5.15. The Morgan fingerprint density at radius 1 is 1.09 bits per heavy atom. The molecule has 4 nitrogen and oxygen atoms in total. The van der Waals surface area contributed by atoms with E-state index in [-0.39, 0.29) is 0 Å². The SMILES string of the molecule is CN1CCC(Cn2ccnc2-c2ccc3c(ccn3C)c2)CC1. The average Bonchev–Trinajstić information content (AvgIpc) is 3.16. The summed E-state index contributed by atoms with van der Waals surface area (Å²) in [6.07, 6.45) is 8.74. The van der Waals surface area contributed by atoms with E-state index >= 15 is 0 Å². The van der Waals surface area contributed by atoms with Crippen molar-refractivity contribution in [3.63, 3.8) is 0 Å². The lowest BCUT2D eigenvalue weighted by Crippen LogP contribution is -2.31. The maximum absolute atomic E-state index is 4.63. The van der Waals surface area contributed by atoms with Gasteiger partial charge in [-0.1, -0.05) is 0 Å². The van der Waals surface area contributed by atoms with E-state index in [4.69, 9.17) is 0 Å². The number of imidazole rings is 1. The molecule has 0 bridgehead atoms. The van der Waals surface area contributed by atoms with E-state index in [1.54, 1.807) is 0 Å². The summed E-state index contributed by atoms with van der Waals surface area (Å²) in [6.45, 7) is 3.51. The molecular formula is C19H24N4. The van der Waals surface area contributed by atoms with Gasteiger partial charge >= 0.3 is 0 Å². The van der Waals surface area contributed by atoms with Gasteiger partial charge in [-0.15, -0.1) is 0 Å². The first kappa shape index (κ1) is 14.5. The van der Waals surface area contributed by atoms with Crippen molar-refractivity contribution in [3.05, 3.63) is 42.9 Å². The number of hydrogen-bond donors (Lipinski definition) is 0. The number of fused-ring (bicyclic) bond motifs is 1. The Bertz CT molecular complexity index is 806. The van der Waals surface area contributed by atoms with E-state index in [9.17, 15) is 0 Å². The standard InChI is InChI=1S/C19H24N4/c1-21-9-5-15(6-10-21)14-23-12-8-20-19(23)17-3-4-18-16(13-17)7-11-22(18)2/h3-4,7-8,11-13,15H,5-6,9-10,14H2,1-2H3. The van der Waals surface area contributed by atoms with Crippen LogP contribution in [0.25, 0.3) is 22.3 Å². The van der Waals surface area contributed by atoms with E-state index in [1.807, 2.05) is 6.20 Å². The lowest BCUT2D eigenvalue weighted by molar-refractivity contribution is 0.205. The molecule has 4 heteroatoms. The zero-order valence-electron chi connectivity index (χ0n) is 13.9. The smallest absolute Gasteiger partial charge is 0.139 e. The number of aryl methyl sites for hydroxylation is 1. The van der Waals surface area contributed by atoms with Crippen molar-refractivity contribution in [3.8, 4) is 11.4 Å². The molecule has 1 aromatic carbocycles. The summed E-state index contributed by atoms with van der Waals surface area (Å²) in [7, 11) is 4.30. The Morgan fingerprint density at radius 2 is 1.91 bits per heavy atom. The number of hydrogen-bond acceptors (Lipinski definition) is 2. The molecule has 3 aromatic rings. The minimum Gasteiger partial charge on any atom is -0.351 e. The van der Waals surface area contributed by atoms with Crippen LogP contribution in [-0.4, -0.2) is 39.2 Å². The quantitative estimate of drug-likeness (QED) is 0.741. The first-order valence-corrected chi connectivity index (χ1v) is 8.46. The van der Waals surface area contributed by atoms with Gasteiger partial charge in [-0.25, -0.2) is 4.98 Å². The minimum atomic E-state index is 0.764. The fourth-order valence-corrected chi connectivity index (χ4v) is 3.66. The van der Waals surface area contributed by atoms with Crippen molar-refractivity contribution < 1.29 is 0 Å². The second-order valence-corrected chi connectivity index (χ2v) is 6.85. The van der Waals surface area contributed by atoms with Gasteiger partial charge in [0.15, 0.2) is 0 Å². The molecule has 3 heterocycles. The molecule has 0 radical (unpaired) electrons. The molecule has 0 N–H and O–H groups in total. The maximum Gasteiger partial charge on any atom is 0.139 e. The highest BCUT2D eigenvalue weighted by Crippen LogP contribution is 2.26. The normalized spacial score (nSPS) is 17.1. The first-order valence-electron chi connectivity index (χ1n) is 8.46. The van der Waals surface area contributed by atoms with Gasteiger partial charge in [0.1, 0.15) is 5.82 Å². The van der Waals surface area contributed by atoms with Crippen LogP contribution in [0.3, 0.4) is 0 Å². The average molecular weight is 308 g/mol. The summed E-state index contributed by atoms with van der Waals surface area (Å²) < 4.78 is 4.49. The van der Waals surface area contributed by atoms with Crippen molar-refractivity contribution in [1.82, 2.24) is 19.0 Å². The third-order valence-corrected chi connectivity index (χ3v) is 5.15. The van der Waals surface area contributed by atoms with Crippen LogP contribution in [0, 0.1) is 5.92 Å². The number of likely N-dealkylation sites (tertiary alicyclic amines) is 1. The van der Waals surface area contributed by atoms with Crippen LogP contribution in [0.4, 0.5) is 0 Å². The maximum atomic E-state index is 4.63. The Hall–Kier alpha value is -2.07. The number of nitrogens with zero attached hydrogens (tertiary/aromatic N) is 4. The third kappa shape index (κ3) is 2.79. The van der Waals surface area contributed by atoms with Crippen LogP contribution < -0.4 is 0 Å². The number of rotatable bonds is 3. The van der Waals surface area contributed by atoms with Crippen LogP contribution in [-0.2, 0) is 13.6 Å². The van der Waals surface area contributed by atoms with E-state index in [0.29, 0.717) is 0 Å². The topological polar surface area (TPSA) is 26.0 Å². The molecule has 4 rings (SSSR count). The lowest BCUT2D eigenvalue weighted by atomic mass is 9.97. The summed E-state index contributed by atoms with van der Waals surface area (Å²) in [4.78, 5) is 7.05. The van der Waals surface area contributed by atoms with Crippen molar-refractivity contribution in [1.29, 1.82) is 0 Å². The highest BCUT2D eigenvalue weighted by molar-refractivity contribution is 5.84. The molecule has 0 spiro atoms. The van der Waals surface area contributed by atoms with E-state index in [1.165, 1.54) is 42.4 Å². The summed E-state index contributed by atoms with van der Waals surface area (Å²) in [5.41, 5.74) is 2.48. The van der Waals surface area contributed by atoms with E-state index < -0.39 is 0 Å². The summed E-state index contributed by atoms with van der Waals surface area (Å²) >= 11 is 0. The fraction of sp³-hybridized carbons (Fsp3) is 0.421. The Morgan fingerprint density at radius 3 is 2.74 bits per heavy atom. The zero-order valence-corrected chi connectivity index (χ0v) is 13.9. The van der Waals surface area contributed by atoms with Crippen LogP contribution >= 0.6 is 0 Å². The van der Waals surface area contributed by atoms with Crippen molar-refractivity contribution >= 4 is 10.9 Å². The molecular weight excluding hydrogens is 284 g/mol. The predicted molar refractivity (Wildman–Crippen MR) is 94.4 cm³/mol. The molecule has 0 amide bonds. The van der Waals surface area contributed by atoms with Crippen molar-refractivity contribution in [2.24, 2.45) is 13.0 Å².